The average Bonchev–Trinajstić information content (AvgIpc) is 2.77. The van der Waals surface area contributed by atoms with Crippen molar-refractivity contribution < 1.29 is 4.73 Å². The molecule has 0 amide bonds. The minimum absolute atomic E-state index is 0.584. The molecule has 18 heavy (non-hydrogen) atoms. The molecule has 0 unspecified atom stereocenters. The van der Waals surface area contributed by atoms with E-state index in [1.807, 2.05) is 12.3 Å². The van der Waals surface area contributed by atoms with Gasteiger partial charge in [0, 0.05) is 17.1 Å². The monoisotopic (exact) mass is 239 g/mol. The molecular formula is C14H13N3O. The van der Waals surface area contributed by atoms with Gasteiger partial charge in [0.2, 0.25) is 5.69 Å². The molecule has 0 atom stereocenters. The molecule has 4 nitrogen and oxygen atoms in total. The Labute approximate surface area is 105 Å². The number of hydrogen-bond acceptors (Lipinski definition) is 2. The number of aromatic amines is 1. The molecule has 0 bridgehead atoms. The van der Waals surface area contributed by atoms with Crippen molar-refractivity contribution in [1.82, 2.24) is 9.97 Å². The summed E-state index contributed by atoms with van der Waals surface area (Å²) < 4.78 is 0.863. The van der Waals surface area contributed by atoms with Gasteiger partial charge < -0.3 is 10.2 Å². The minimum atomic E-state index is 0.584. The van der Waals surface area contributed by atoms with Gasteiger partial charge in [0.15, 0.2) is 6.20 Å². The van der Waals surface area contributed by atoms with E-state index in [-0.39, 0.29) is 0 Å². The molecule has 0 aliphatic rings. The summed E-state index contributed by atoms with van der Waals surface area (Å²) in [6, 6.07) is 6.17. The SMILES string of the molecule is Cc1cccc2c(Cc3cncc[n+]3[O-])c[nH]c12. The van der Waals surface area contributed by atoms with Crippen LogP contribution in [0.1, 0.15) is 16.8 Å². The third kappa shape index (κ3) is 1.72. The van der Waals surface area contributed by atoms with Crippen molar-refractivity contribution in [2.24, 2.45) is 0 Å². The number of aromatic nitrogens is 3. The molecule has 4 heteroatoms. The quantitative estimate of drug-likeness (QED) is 0.550. The van der Waals surface area contributed by atoms with Crippen LogP contribution in [0.5, 0.6) is 0 Å². The van der Waals surface area contributed by atoms with Crippen molar-refractivity contribution in [2.75, 3.05) is 0 Å². The normalized spacial score (nSPS) is 10.9. The van der Waals surface area contributed by atoms with Gasteiger partial charge in [0.1, 0.15) is 0 Å². The van der Waals surface area contributed by atoms with E-state index in [1.165, 1.54) is 23.3 Å². The number of benzene rings is 1. The molecule has 1 N–H and O–H groups in total. The van der Waals surface area contributed by atoms with Gasteiger partial charge in [-0.1, -0.05) is 18.2 Å². The Morgan fingerprint density at radius 1 is 1.39 bits per heavy atom. The van der Waals surface area contributed by atoms with Crippen LogP contribution in [0.3, 0.4) is 0 Å². The van der Waals surface area contributed by atoms with Crippen molar-refractivity contribution in [3.05, 3.63) is 65.0 Å². The van der Waals surface area contributed by atoms with Crippen LogP contribution in [0.4, 0.5) is 0 Å². The second-order valence-corrected chi connectivity index (χ2v) is 4.38. The molecule has 3 rings (SSSR count). The topological polar surface area (TPSA) is 55.6 Å². The molecule has 90 valence electrons. The van der Waals surface area contributed by atoms with Crippen LogP contribution in [-0.2, 0) is 6.42 Å². The average molecular weight is 239 g/mol. The van der Waals surface area contributed by atoms with Gasteiger partial charge in [0.25, 0.3) is 0 Å². The number of nitrogens with one attached hydrogen (secondary N) is 1. The Morgan fingerprint density at radius 2 is 2.28 bits per heavy atom. The molecule has 0 spiro atoms. The van der Waals surface area contributed by atoms with Gasteiger partial charge in [-0.2, -0.15) is 4.73 Å². The van der Waals surface area contributed by atoms with Crippen LogP contribution in [0.2, 0.25) is 0 Å². The largest absolute Gasteiger partial charge is 0.618 e. The Balaban J connectivity index is 2.06. The van der Waals surface area contributed by atoms with Crippen molar-refractivity contribution in [3.8, 4) is 0 Å². The first kappa shape index (κ1) is 10.8. The van der Waals surface area contributed by atoms with Crippen LogP contribution >= 0.6 is 0 Å². The fourth-order valence-corrected chi connectivity index (χ4v) is 2.21. The molecule has 0 aliphatic carbocycles. The van der Waals surface area contributed by atoms with Crippen LogP contribution in [0.25, 0.3) is 10.9 Å². The minimum Gasteiger partial charge on any atom is -0.618 e. The van der Waals surface area contributed by atoms with Gasteiger partial charge in [-0.3, -0.25) is 4.98 Å². The number of aryl methyl sites for hydroxylation is 1. The number of nitrogens with zero attached hydrogens (tertiary/aromatic N) is 2. The predicted octanol–water partition coefficient (Wildman–Crippen LogP) is 2.10. The third-order valence-electron chi connectivity index (χ3n) is 3.18. The summed E-state index contributed by atoms with van der Waals surface area (Å²) in [6.45, 7) is 2.07. The lowest BCUT2D eigenvalue weighted by Crippen LogP contribution is -2.31. The van der Waals surface area contributed by atoms with Gasteiger partial charge in [-0.15, -0.1) is 0 Å². The first-order valence-corrected chi connectivity index (χ1v) is 5.83. The summed E-state index contributed by atoms with van der Waals surface area (Å²) >= 11 is 0. The standard InChI is InChI=1S/C14H13N3O/c1-10-3-2-4-13-11(8-16-14(10)13)7-12-9-15-5-6-17(12)18/h2-6,8-9,16H,7H2,1H3. The Kier molecular flexibility index (Phi) is 2.48. The van der Waals surface area contributed by atoms with Gasteiger partial charge in [-0.05, 0) is 18.1 Å². The fourth-order valence-electron chi connectivity index (χ4n) is 2.21. The van der Waals surface area contributed by atoms with Crippen molar-refractivity contribution in [1.29, 1.82) is 0 Å². The highest BCUT2D eigenvalue weighted by Crippen LogP contribution is 2.22. The van der Waals surface area contributed by atoms with E-state index < -0.39 is 0 Å². The van der Waals surface area contributed by atoms with E-state index in [2.05, 4.69) is 29.0 Å². The second-order valence-electron chi connectivity index (χ2n) is 4.38. The van der Waals surface area contributed by atoms with Gasteiger partial charge in [0.05, 0.1) is 18.8 Å². The smallest absolute Gasteiger partial charge is 0.215 e. The summed E-state index contributed by atoms with van der Waals surface area (Å²) in [7, 11) is 0. The number of fused-ring (bicyclic) bond motifs is 1. The highest BCUT2D eigenvalue weighted by molar-refractivity contribution is 5.86. The number of hydrogen-bond donors (Lipinski definition) is 1. The lowest BCUT2D eigenvalue weighted by atomic mass is 10.1. The predicted molar refractivity (Wildman–Crippen MR) is 69.0 cm³/mol. The van der Waals surface area contributed by atoms with E-state index >= 15 is 0 Å². The van der Waals surface area contributed by atoms with Crippen molar-refractivity contribution in [3.63, 3.8) is 0 Å². The first-order valence-electron chi connectivity index (χ1n) is 5.83. The summed E-state index contributed by atoms with van der Waals surface area (Å²) in [6.07, 6.45) is 7.08. The van der Waals surface area contributed by atoms with E-state index in [0.717, 1.165) is 15.8 Å². The number of rotatable bonds is 2. The van der Waals surface area contributed by atoms with Gasteiger partial charge in [-0.25, -0.2) is 0 Å². The third-order valence-corrected chi connectivity index (χ3v) is 3.18. The Hall–Kier alpha value is -2.36. The molecule has 0 fully saturated rings. The maximum atomic E-state index is 11.6. The summed E-state index contributed by atoms with van der Waals surface area (Å²) in [5.74, 6) is 0. The van der Waals surface area contributed by atoms with Crippen LogP contribution < -0.4 is 4.73 Å². The maximum Gasteiger partial charge on any atom is 0.215 e. The first-order chi connectivity index (χ1) is 8.75. The molecule has 3 aromatic rings. The zero-order valence-corrected chi connectivity index (χ0v) is 10.1. The molecule has 2 aromatic heterocycles. The van der Waals surface area contributed by atoms with Crippen molar-refractivity contribution >= 4 is 10.9 Å². The number of H-pyrrole nitrogens is 1. The van der Waals surface area contributed by atoms with Crippen LogP contribution in [0, 0.1) is 12.1 Å². The van der Waals surface area contributed by atoms with E-state index in [0.29, 0.717) is 12.1 Å². The van der Waals surface area contributed by atoms with E-state index in [9.17, 15) is 5.21 Å². The molecule has 0 saturated carbocycles. The van der Waals surface area contributed by atoms with Crippen molar-refractivity contribution in [2.45, 2.75) is 13.3 Å². The summed E-state index contributed by atoms with van der Waals surface area (Å²) in [5, 5.41) is 12.8. The zero-order valence-electron chi connectivity index (χ0n) is 10.1. The lowest BCUT2D eigenvalue weighted by Gasteiger charge is -2.02. The molecule has 2 heterocycles. The highest BCUT2D eigenvalue weighted by atomic mass is 16.5. The second kappa shape index (κ2) is 4.14. The van der Waals surface area contributed by atoms with Crippen LogP contribution in [-0.4, -0.2) is 9.97 Å². The van der Waals surface area contributed by atoms with Crippen LogP contribution in [0.15, 0.2) is 43.0 Å². The van der Waals surface area contributed by atoms with Gasteiger partial charge >= 0.3 is 0 Å². The van der Waals surface area contributed by atoms with E-state index in [1.54, 1.807) is 6.20 Å². The maximum absolute atomic E-state index is 11.6. The molecular weight excluding hydrogens is 226 g/mol. The van der Waals surface area contributed by atoms with E-state index in [4.69, 9.17) is 0 Å². The molecule has 0 radical (unpaired) electrons. The molecule has 1 aromatic carbocycles. The highest BCUT2D eigenvalue weighted by Gasteiger charge is 2.11. The molecule has 0 aliphatic heterocycles. The zero-order chi connectivity index (χ0) is 12.5. The summed E-state index contributed by atoms with van der Waals surface area (Å²) in [5.41, 5.74) is 4.11. The lowest BCUT2D eigenvalue weighted by molar-refractivity contribution is -0.614. The molecule has 0 saturated heterocycles. The fraction of sp³-hybridized carbons (Fsp3) is 0.143. The summed E-state index contributed by atoms with van der Waals surface area (Å²) in [4.78, 5) is 7.26. The Bertz CT molecular complexity index is 703. The Morgan fingerprint density at radius 3 is 3.11 bits per heavy atom. The number of para-hydroxylation sites is 1.